The summed E-state index contributed by atoms with van der Waals surface area (Å²) in [5, 5.41) is 11.4. The molecule has 0 saturated heterocycles. The molecular formula is C23H18N4O3S. The van der Waals surface area contributed by atoms with Gasteiger partial charge in [0.25, 0.3) is 11.6 Å². The van der Waals surface area contributed by atoms with E-state index in [1.165, 1.54) is 29.5 Å². The van der Waals surface area contributed by atoms with Gasteiger partial charge in [0.15, 0.2) is 5.13 Å². The van der Waals surface area contributed by atoms with Gasteiger partial charge in [-0.1, -0.05) is 29.5 Å². The lowest BCUT2D eigenvalue weighted by molar-refractivity contribution is -0.384. The van der Waals surface area contributed by atoms with Gasteiger partial charge in [0.05, 0.1) is 21.7 Å². The van der Waals surface area contributed by atoms with Gasteiger partial charge in [-0.05, 0) is 54.0 Å². The third kappa shape index (κ3) is 4.65. The highest BCUT2D eigenvalue weighted by atomic mass is 32.1. The predicted octanol–water partition coefficient (Wildman–Crippen LogP) is 5.15. The van der Waals surface area contributed by atoms with Crippen molar-refractivity contribution in [3.8, 4) is 0 Å². The number of nitro groups is 1. The van der Waals surface area contributed by atoms with Crippen LogP contribution >= 0.6 is 11.3 Å². The molecule has 0 saturated carbocycles. The molecule has 0 unspecified atom stereocenters. The first-order chi connectivity index (χ1) is 15.0. The molecule has 0 aliphatic heterocycles. The van der Waals surface area contributed by atoms with Gasteiger partial charge in [-0.15, -0.1) is 0 Å². The van der Waals surface area contributed by atoms with Crippen molar-refractivity contribution in [3.05, 3.63) is 99.9 Å². The lowest BCUT2D eigenvalue weighted by atomic mass is 10.2. The summed E-state index contributed by atoms with van der Waals surface area (Å²) in [6.45, 7) is 2.32. The van der Waals surface area contributed by atoms with E-state index in [-0.39, 0.29) is 11.6 Å². The number of para-hydroxylation sites is 1. The topological polar surface area (TPSA) is 89.2 Å². The fourth-order valence-electron chi connectivity index (χ4n) is 3.07. The van der Waals surface area contributed by atoms with Crippen LogP contribution in [0.4, 0.5) is 10.8 Å². The number of hydrogen-bond donors (Lipinski definition) is 0. The Bertz CT molecular complexity index is 1270. The number of aromatic nitrogens is 2. The minimum atomic E-state index is -0.455. The van der Waals surface area contributed by atoms with Crippen LogP contribution in [0.25, 0.3) is 16.3 Å². The summed E-state index contributed by atoms with van der Waals surface area (Å²) in [7, 11) is 0. The second-order valence-electron chi connectivity index (χ2n) is 6.89. The van der Waals surface area contributed by atoms with Crippen LogP contribution in [0.2, 0.25) is 0 Å². The van der Waals surface area contributed by atoms with Crippen LogP contribution in [0, 0.1) is 17.0 Å². The summed E-state index contributed by atoms with van der Waals surface area (Å²) < 4.78 is 1.01. The molecule has 7 nitrogen and oxygen atoms in total. The first-order valence-electron chi connectivity index (χ1n) is 9.50. The van der Waals surface area contributed by atoms with Crippen molar-refractivity contribution in [2.75, 3.05) is 4.90 Å². The first kappa shape index (κ1) is 20.4. The van der Waals surface area contributed by atoms with Gasteiger partial charge in [-0.25, -0.2) is 4.98 Å². The molecule has 2 aromatic carbocycles. The molecular weight excluding hydrogens is 412 g/mol. The molecule has 31 heavy (non-hydrogen) atoms. The molecule has 4 rings (SSSR count). The highest BCUT2D eigenvalue weighted by Gasteiger charge is 2.19. The average molecular weight is 430 g/mol. The van der Waals surface area contributed by atoms with E-state index >= 15 is 0 Å². The van der Waals surface area contributed by atoms with E-state index in [4.69, 9.17) is 4.98 Å². The number of fused-ring (bicyclic) bond motifs is 1. The van der Waals surface area contributed by atoms with E-state index in [1.54, 1.807) is 35.5 Å². The first-order valence-corrected chi connectivity index (χ1v) is 10.3. The van der Waals surface area contributed by atoms with Crippen LogP contribution < -0.4 is 4.90 Å². The smallest absolute Gasteiger partial charge is 0.269 e. The normalized spacial score (nSPS) is 11.1. The van der Waals surface area contributed by atoms with Crippen molar-refractivity contribution >= 4 is 44.4 Å². The van der Waals surface area contributed by atoms with Gasteiger partial charge in [-0.3, -0.25) is 24.8 Å². The summed E-state index contributed by atoms with van der Waals surface area (Å²) in [6, 6.07) is 15.7. The quantitative estimate of drug-likeness (QED) is 0.240. The molecule has 2 heterocycles. The third-order valence-corrected chi connectivity index (χ3v) is 5.74. The zero-order valence-corrected chi connectivity index (χ0v) is 17.5. The molecule has 0 aliphatic rings. The maximum Gasteiger partial charge on any atom is 0.269 e. The fourth-order valence-corrected chi connectivity index (χ4v) is 4.12. The highest BCUT2D eigenvalue weighted by Crippen LogP contribution is 2.31. The highest BCUT2D eigenvalue weighted by molar-refractivity contribution is 7.22. The van der Waals surface area contributed by atoms with E-state index in [0.717, 1.165) is 21.3 Å². The number of non-ortho nitro benzene ring substituents is 1. The number of benzene rings is 2. The molecule has 0 aliphatic carbocycles. The number of pyridine rings is 1. The molecule has 0 radical (unpaired) electrons. The average Bonchev–Trinajstić information content (AvgIpc) is 3.22. The van der Waals surface area contributed by atoms with E-state index < -0.39 is 4.92 Å². The Morgan fingerprint density at radius 3 is 2.65 bits per heavy atom. The van der Waals surface area contributed by atoms with Crippen molar-refractivity contribution in [3.63, 3.8) is 0 Å². The molecule has 4 aromatic rings. The Balaban J connectivity index is 1.65. The minimum Gasteiger partial charge on any atom is -0.280 e. The number of hydrogen-bond acceptors (Lipinski definition) is 6. The Morgan fingerprint density at radius 2 is 1.97 bits per heavy atom. The number of thiazole rings is 1. The molecule has 0 N–H and O–H groups in total. The second-order valence-corrected chi connectivity index (χ2v) is 7.89. The zero-order chi connectivity index (χ0) is 21.8. The number of aryl methyl sites for hydroxylation is 1. The van der Waals surface area contributed by atoms with Crippen molar-refractivity contribution in [1.82, 2.24) is 9.97 Å². The van der Waals surface area contributed by atoms with Crippen molar-refractivity contribution in [2.45, 2.75) is 13.5 Å². The number of rotatable bonds is 6. The molecule has 0 spiro atoms. The second kappa shape index (κ2) is 8.85. The van der Waals surface area contributed by atoms with Gasteiger partial charge >= 0.3 is 0 Å². The van der Waals surface area contributed by atoms with Crippen molar-refractivity contribution < 1.29 is 9.72 Å². The number of amides is 1. The Labute approximate surface area is 182 Å². The van der Waals surface area contributed by atoms with Gasteiger partial charge in [0, 0.05) is 30.6 Å². The molecule has 8 heteroatoms. The van der Waals surface area contributed by atoms with E-state index in [9.17, 15) is 14.9 Å². The maximum atomic E-state index is 13.1. The number of carbonyl (C=O) groups excluding carboxylic acids is 1. The van der Waals surface area contributed by atoms with Gasteiger partial charge in [0.1, 0.15) is 0 Å². The van der Waals surface area contributed by atoms with Crippen LogP contribution in [-0.4, -0.2) is 20.8 Å². The van der Waals surface area contributed by atoms with E-state index in [1.807, 2.05) is 37.3 Å². The zero-order valence-electron chi connectivity index (χ0n) is 16.6. The van der Waals surface area contributed by atoms with Gasteiger partial charge in [0.2, 0.25) is 0 Å². The van der Waals surface area contributed by atoms with E-state index in [0.29, 0.717) is 17.2 Å². The largest absolute Gasteiger partial charge is 0.280 e. The van der Waals surface area contributed by atoms with Crippen molar-refractivity contribution in [2.24, 2.45) is 0 Å². The molecule has 1 amide bonds. The van der Waals surface area contributed by atoms with Crippen LogP contribution in [0.3, 0.4) is 0 Å². The van der Waals surface area contributed by atoms with Crippen LogP contribution in [0.5, 0.6) is 0 Å². The lowest BCUT2D eigenvalue weighted by Crippen LogP contribution is -2.28. The van der Waals surface area contributed by atoms with Crippen LogP contribution in [0.1, 0.15) is 16.7 Å². The minimum absolute atomic E-state index is 0.00604. The summed E-state index contributed by atoms with van der Waals surface area (Å²) in [5.74, 6) is -0.237. The van der Waals surface area contributed by atoms with E-state index in [2.05, 4.69) is 4.98 Å². The number of carbonyl (C=O) groups is 1. The number of nitro benzene ring substituents is 1. The van der Waals surface area contributed by atoms with Crippen LogP contribution in [0.15, 0.2) is 73.1 Å². The summed E-state index contributed by atoms with van der Waals surface area (Å²) >= 11 is 1.46. The predicted molar refractivity (Wildman–Crippen MR) is 122 cm³/mol. The number of anilines is 1. The standard InChI is InChI=1S/C23H18N4O3S/c1-16-4-2-6-20-22(16)25-23(31-20)26(15-18-5-3-13-24-14-18)21(28)12-9-17-7-10-19(11-8-17)27(29)30/h2-14H,15H2,1H3. The van der Waals surface area contributed by atoms with Gasteiger partial charge in [-0.2, -0.15) is 0 Å². The monoisotopic (exact) mass is 430 g/mol. The summed E-state index contributed by atoms with van der Waals surface area (Å²) in [6.07, 6.45) is 6.50. The summed E-state index contributed by atoms with van der Waals surface area (Å²) in [5.41, 5.74) is 3.52. The van der Waals surface area contributed by atoms with Crippen LogP contribution in [-0.2, 0) is 11.3 Å². The summed E-state index contributed by atoms with van der Waals surface area (Å²) in [4.78, 5) is 34.0. The lowest BCUT2D eigenvalue weighted by Gasteiger charge is -2.18. The molecule has 0 fully saturated rings. The SMILES string of the molecule is Cc1cccc2sc(N(Cc3cccnc3)C(=O)C=Cc3ccc([N+](=O)[O-])cc3)nc12. The number of nitrogens with zero attached hydrogens (tertiary/aromatic N) is 4. The molecule has 0 atom stereocenters. The van der Waals surface area contributed by atoms with Gasteiger partial charge < -0.3 is 0 Å². The molecule has 154 valence electrons. The molecule has 2 aromatic heterocycles. The molecule has 0 bridgehead atoms. The Morgan fingerprint density at radius 1 is 1.16 bits per heavy atom. The maximum absolute atomic E-state index is 13.1. The Kier molecular flexibility index (Phi) is 5.81. The third-order valence-electron chi connectivity index (χ3n) is 4.69. The fraction of sp³-hybridized carbons (Fsp3) is 0.0870. The Hall–Kier alpha value is -3.91. The van der Waals surface area contributed by atoms with Crippen molar-refractivity contribution in [1.29, 1.82) is 0 Å².